The summed E-state index contributed by atoms with van der Waals surface area (Å²) < 4.78 is 0. The fourth-order valence-electron chi connectivity index (χ4n) is 2.52. The molecule has 2 aromatic rings. The first-order valence-corrected chi connectivity index (χ1v) is 6.26. The summed E-state index contributed by atoms with van der Waals surface area (Å²) >= 11 is 0. The smallest absolute Gasteiger partial charge is 0.00132 e. The van der Waals surface area contributed by atoms with E-state index in [0.717, 1.165) is 12.8 Å². The molecule has 0 bridgehead atoms. The molecule has 0 fully saturated rings. The van der Waals surface area contributed by atoms with Crippen molar-refractivity contribution in [2.75, 3.05) is 0 Å². The van der Waals surface area contributed by atoms with Crippen LogP contribution in [-0.4, -0.2) is 0 Å². The third kappa shape index (κ3) is 1.80. The maximum Gasteiger partial charge on any atom is -0.00132 e. The first-order valence-electron chi connectivity index (χ1n) is 6.26. The number of allylic oxidation sites excluding steroid dienone is 1. The van der Waals surface area contributed by atoms with Crippen molar-refractivity contribution in [3.05, 3.63) is 65.2 Å². The van der Waals surface area contributed by atoms with E-state index in [1.807, 2.05) is 0 Å². The summed E-state index contributed by atoms with van der Waals surface area (Å²) in [5.74, 6) is 0. The molecule has 0 aromatic heterocycles. The van der Waals surface area contributed by atoms with Gasteiger partial charge in [-0.15, -0.1) is 0 Å². The minimum atomic E-state index is 1.08. The van der Waals surface area contributed by atoms with Crippen molar-refractivity contribution in [3.8, 4) is 11.1 Å². The predicted molar refractivity (Wildman–Crippen MR) is 74.0 cm³/mol. The highest BCUT2D eigenvalue weighted by atomic mass is 14.2. The van der Waals surface area contributed by atoms with Gasteiger partial charge in [-0.1, -0.05) is 61.5 Å². The lowest BCUT2D eigenvalue weighted by molar-refractivity contribution is 1.23. The van der Waals surface area contributed by atoms with Crippen molar-refractivity contribution in [2.24, 2.45) is 0 Å². The summed E-state index contributed by atoms with van der Waals surface area (Å²) in [7, 11) is 0. The summed E-state index contributed by atoms with van der Waals surface area (Å²) in [5, 5.41) is 0. The van der Waals surface area contributed by atoms with E-state index in [2.05, 4.69) is 61.5 Å². The molecular formula is C17H16. The lowest BCUT2D eigenvalue weighted by Gasteiger charge is -2.01. The number of fused-ring (bicyclic) bond motifs is 3. The molecule has 0 aliphatic heterocycles. The number of hydrogen-bond donors (Lipinski definition) is 0. The first-order chi connectivity index (χ1) is 8.38. The van der Waals surface area contributed by atoms with Crippen LogP contribution in [0.15, 0.2) is 48.5 Å². The minimum Gasteiger partial charge on any atom is -0.0842 e. The Morgan fingerprint density at radius 2 is 1.82 bits per heavy atom. The molecular weight excluding hydrogens is 204 g/mol. The second-order valence-corrected chi connectivity index (χ2v) is 4.56. The van der Waals surface area contributed by atoms with E-state index in [-0.39, 0.29) is 0 Å². The topological polar surface area (TPSA) is 0 Å². The Balaban J connectivity index is 2.04. The predicted octanol–water partition coefficient (Wildman–Crippen LogP) is 4.68. The summed E-state index contributed by atoms with van der Waals surface area (Å²) in [6.07, 6.45) is 6.60. The molecule has 0 saturated heterocycles. The highest BCUT2D eigenvalue weighted by molar-refractivity contribution is 5.78. The van der Waals surface area contributed by atoms with Crippen LogP contribution in [0.3, 0.4) is 0 Å². The summed E-state index contributed by atoms with van der Waals surface area (Å²) in [6.45, 7) is 2.17. The van der Waals surface area contributed by atoms with Crippen LogP contribution in [0.1, 0.15) is 30.0 Å². The molecule has 0 spiro atoms. The lowest BCUT2D eigenvalue weighted by atomic mass is 10.0. The Morgan fingerprint density at radius 1 is 1.00 bits per heavy atom. The molecule has 3 rings (SSSR count). The van der Waals surface area contributed by atoms with Crippen molar-refractivity contribution >= 4 is 6.08 Å². The van der Waals surface area contributed by atoms with Crippen molar-refractivity contribution in [1.82, 2.24) is 0 Å². The Bertz CT molecular complexity index is 576. The molecule has 0 amide bonds. The second kappa shape index (κ2) is 4.21. The van der Waals surface area contributed by atoms with Crippen LogP contribution in [0.25, 0.3) is 17.2 Å². The second-order valence-electron chi connectivity index (χ2n) is 4.56. The minimum absolute atomic E-state index is 1.08. The SMILES string of the molecule is CCC=Cc1ccc2c(c1)Cc1ccccc1-2. The van der Waals surface area contributed by atoms with Gasteiger partial charge in [-0.05, 0) is 40.7 Å². The van der Waals surface area contributed by atoms with Crippen LogP contribution < -0.4 is 0 Å². The van der Waals surface area contributed by atoms with Crippen LogP contribution >= 0.6 is 0 Å². The molecule has 0 radical (unpaired) electrons. The van der Waals surface area contributed by atoms with Gasteiger partial charge in [0.1, 0.15) is 0 Å². The number of rotatable bonds is 2. The molecule has 0 heteroatoms. The van der Waals surface area contributed by atoms with E-state index >= 15 is 0 Å². The molecule has 0 heterocycles. The first kappa shape index (κ1) is 10.3. The summed E-state index contributed by atoms with van der Waals surface area (Å²) in [6, 6.07) is 15.5. The van der Waals surface area contributed by atoms with Gasteiger partial charge in [0.2, 0.25) is 0 Å². The quantitative estimate of drug-likeness (QED) is 0.588. The molecule has 17 heavy (non-hydrogen) atoms. The number of benzene rings is 2. The van der Waals surface area contributed by atoms with Crippen LogP contribution in [-0.2, 0) is 6.42 Å². The summed E-state index contributed by atoms with van der Waals surface area (Å²) in [4.78, 5) is 0. The number of hydrogen-bond acceptors (Lipinski definition) is 0. The molecule has 84 valence electrons. The fraction of sp³-hybridized carbons (Fsp3) is 0.176. The zero-order valence-corrected chi connectivity index (χ0v) is 10.1. The molecule has 2 aromatic carbocycles. The highest BCUT2D eigenvalue weighted by Gasteiger charge is 2.17. The molecule has 1 aliphatic rings. The molecule has 0 nitrogen and oxygen atoms in total. The molecule has 0 atom stereocenters. The van der Waals surface area contributed by atoms with Crippen molar-refractivity contribution in [2.45, 2.75) is 19.8 Å². The maximum absolute atomic E-state index is 2.32. The van der Waals surface area contributed by atoms with Crippen molar-refractivity contribution in [1.29, 1.82) is 0 Å². The molecule has 0 N–H and O–H groups in total. The Labute approximate surface area is 103 Å². The highest BCUT2D eigenvalue weighted by Crippen LogP contribution is 2.36. The van der Waals surface area contributed by atoms with E-state index in [4.69, 9.17) is 0 Å². The largest absolute Gasteiger partial charge is 0.0842 e. The van der Waals surface area contributed by atoms with Crippen molar-refractivity contribution in [3.63, 3.8) is 0 Å². The van der Waals surface area contributed by atoms with E-state index in [9.17, 15) is 0 Å². The zero-order valence-electron chi connectivity index (χ0n) is 10.1. The molecule has 0 unspecified atom stereocenters. The lowest BCUT2D eigenvalue weighted by Crippen LogP contribution is -1.81. The van der Waals surface area contributed by atoms with E-state index in [0.29, 0.717) is 0 Å². The maximum atomic E-state index is 2.32. The van der Waals surface area contributed by atoms with Gasteiger partial charge in [0.15, 0.2) is 0 Å². The third-order valence-corrected chi connectivity index (χ3v) is 3.36. The standard InChI is InChI=1S/C17H16/c1-2-3-6-13-9-10-17-15(11-13)12-14-7-4-5-8-16(14)17/h3-11H,2,12H2,1H3. The van der Waals surface area contributed by atoms with Gasteiger partial charge in [0.05, 0.1) is 0 Å². The van der Waals surface area contributed by atoms with Gasteiger partial charge >= 0.3 is 0 Å². The molecule has 0 saturated carbocycles. The van der Waals surface area contributed by atoms with Crippen molar-refractivity contribution < 1.29 is 0 Å². The molecule has 1 aliphatic carbocycles. The Hall–Kier alpha value is -1.82. The van der Waals surface area contributed by atoms with Crippen LogP contribution in [0, 0.1) is 0 Å². The fourth-order valence-corrected chi connectivity index (χ4v) is 2.52. The normalized spacial score (nSPS) is 12.8. The van der Waals surface area contributed by atoms with Crippen LogP contribution in [0.5, 0.6) is 0 Å². The van der Waals surface area contributed by atoms with Gasteiger partial charge < -0.3 is 0 Å². The zero-order chi connectivity index (χ0) is 11.7. The average Bonchev–Trinajstić information content (AvgIpc) is 2.74. The van der Waals surface area contributed by atoms with E-state index in [1.54, 1.807) is 0 Å². The van der Waals surface area contributed by atoms with Gasteiger partial charge in [-0.2, -0.15) is 0 Å². The Kier molecular flexibility index (Phi) is 2.56. The van der Waals surface area contributed by atoms with Gasteiger partial charge in [-0.3, -0.25) is 0 Å². The third-order valence-electron chi connectivity index (χ3n) is 3.36. The van der Waals surface area contributed by atoms with Gasteiger partial charge in [-0.25, -0.2) is 0 Å². The van der Waals surface area contributed by atoms with Crippen LogP contribution in [0.4, 0.5) is 0 Å². The van der Waals surface area contributed by atoms with E-state index < -0.39 is 0 Å². The van der Waals surface area contributed by atoms with Gasteiger partial charge in [0.25, 0.3) is 0 Å². The Morgan fingerprint density at radius 3 is 2.71 bits per heavy atom. The van der Waals surface area contributed by atoms with Crippen LogP contribution in [0.2, 0.25) is 0 Å². The van der Waals surface area contributed by atoms with E-state index in [1.165, 1.54) is 27.8 Å². The van der Waals surface area contributed by atoms with Gasteiger partial charge in [0, 0.05) is 0 Å². The average molecular weight is 220 g/mol. The summed E-state index contributed by atoms with van der Waals surface area (Å²) in [5.41, 5.74) is 7.06. The monoisotopic (exact) mass is 220 g/mol.